The zero-order valence-corrected chi connectivity index (χ0v) is 14.4. The standard InChI is InChI=1S/C18H18N4O2S/c23-25(24,18-6-4-17(5-7-18)22-9-1-8-20-22)21-12-14-10-16(13-19-11-14)15-2-3-15/h1,4-11,13,15,21H,2-3,12H2. The summed E-state index contributed by atoms with van der Waals surface area (Å²) in [6, 6.07) is 10.5. The third-order valence-corrected chi connectivity index (χ3v) is 5.66. The summed E-state index contributed by atoms with van der Waals surface area (Å²) < 4.78 is 29.3. The normalized spacial score (nSPS) is 14.6. The third-order valence-electron chi connectivity index (χ3n) is 4.25. The van der Waals surface area contributed by atoms with E-state index in [4.69, 9.17) is 0 Å². The second kappa shape index (κ2) is 6.42. The molecule has 128 valence electrons. The highest BCUT2D eigenvalue weighted by Gasteiger charge is 2.24. The third kappa shape index (κ3) is 3.62. The van der Waals surface area contributed by atoms with Crippen LogP contribution in [0.25, 0.3) is 5.69 Å². The zero-order chi connectivity index (χ0) is 17.3. The molecule has 2 aromatic heterocycles. The van der Waals surface area contributed by atoms with E-state index in [1.807, 2.05) is 24.5 Å². The van der Waals surface area contributed by atoms with Crippen LogP contribution in [0.5, 0.6) is 0 Å². The maximum absolute atomic E-state index is 12.5. The second-order valence-electron chi connectivity index (χ2n) is 6.17. The van der Waals surface area contributed by atoms with Gasteiger partial charge in [0.05, 0.1) is 10.6 Å². The molecule has 3 aromatic rings. The molecule has 6 nitrogen and oxygen atoms in total. The number of nitrogens with zero attached hydrogens (tertiary/aromatic N) is 3. The molecular formula is C18H18N4O2S. The highest BCUT2D eigenvalue weighted by atomic mass is 32.2. The smallest absolute Gasteiger partial charge is 0.240 e. The molecule has 0 aliphatic heterocycles. The van der Waals surface area contributed by atoms with Crippen molar-refractivity contribution in [2.45, 2.75) is 30.2 Å². The summed E-state index contributed by atoms with van der Waals surface area (Å²) >= 11 is 0. The van der Waals surface area contributed by atoms with Gasteiger partial charge in [0, 0.05) is 31.3 Å². The first kappa shape index (κ1) is 16.0. The average Bonchev–Trinajstić information content (AvgIpc) is 3.35. The highest BCUT2D eigenvalue weighted by molar-refractivity contribution is 7.89. The Bertz CT molecular complexity index is 963. The molecule has 4 rings (SSSR count). The quantitative estimate of drug-likeness (QED) is 0.738. The number of sulfonamides is 1. The molecule has 0 amide bonds. The van der Waals surface area contributed by atoms with Crippen molar-refractivity contribution in [3.8, 4) is 5.69 Å². The minimum Gasteiger partial charge on any atom is -0.264 e. The van der Waals surface area contributed by atoms with Gasteiger partial charge in [-0.3, -0.25) is 4.98 Å². The molecule has 7 heteroatoms. The van der Waals surface area contributed by atoms with Crippen LogP contribution in [0.3, 0.4) is 0 Å². The Labute approximate surface area is 146 Å². The average molecular weight is 354 g/mol. The van der Waals surface area contributed by atoms with Crippen molar-refractivity contribution in [1.29, 1.82) is 0 Å². The minimum atomic E-state index is -3.57. The molecule has 0 atom stereocenters. The van der Waals surface area contributed by atoms with Crippen LogP contribution in [0.2, 0.25) is 0 Å². The summed E-state index contributed by atoms with van der Waals surface area (Å²) in [5.41, 5.74) is 2.88. The first-order valence-corrected chi connectivity index (χ1v) is 9.64. The van der Waals surface area contributed by atoms with Crippen LogP contribution in [-0.4, -0.2) is 23.2 Å². The molecule has 0 unspecified atom stereocenters. The minimum absolute atomic E-state index is 0.231. The fraction of sp³-hybridized carbons (Fsp3) is 0.222. The summed E-state index contributed by atoms with van der Waals surface area (Å²) in [5, 5.41) is 4.13. The van der Waals surface area contributed by atoms with Crippen molar-refractivity contribution in [1.82, 2.24) is 19.5 Å². The Morgan fingerprint density at radius 3 is 2.64 bits per heavy atom. The van der Waals surface area contributed by atoms with Crippen molar-refractivity contribution >= 4 is 10.0 Å². The first-order valence-electron chi connectivity index (χ1n) is 8.15. The number of rotatable bonds is 6. The fourth-order valence-corrected chi connectivity index (χ4v) is 3.72. The lowest BCUT2D eigenvalue weighted by atomic mass is 10.1. The number of hydrogen-bond donors (Lipinski definition) is 1. The van der Waals surface area contributed by atoms with Crippen molar-refractivity contribution in [2.75, 3.05) is 0 Å². The largest absolute Gasteiger partial charge is 0.264 e. The van der Waals surface area contributed by atoms with Crippen LogP contribution < -0.4 is 4.72 Å². The predicted octanol–water partition coefficient (Wildman–Crippen LogP) is 2.62. The Balaban J connectivity index is 1.47. The number of benzene rings is 1. The predicted molar refractivity (Wildman–Crippen MR) is 93.8 cm³/mol. The molecule has 0 spiro atoms. The Kier molecular flexibility index (Phi) is 4.10. The molecule has 0 saturated heterocycles. The van der Waals surface area contributed by atoms with Crippen molar-refractivity contribution < 1.29 is 8.42 Å². The number of nitrogens with one attached hydrogen (secondary N) is 1. The van der Waals surface area contributed by atoms with Gasteiger partial charge in [-0.2, -0.15) is 5.10 Å². The molecule has 0 radical (unpaired) electrons. The van der Waals surface area contributed by atoms with Crippen LogP contribution in [0.1, 0.15) is 29.9 Å². The van der Waals surface area contributed by atoms with Gasteiger partial charge >= 0.3 is 0 Å². The maximum Gasteiger partial charge on any atom is 0.240 e. The van der Waals surface area contributed by atoms with Crippen LogP contribution in [0, 0.1) is 0 Å². The lowest BCUT2D eigenvalue weighted by molar-refractivity contribution is 0.581. The summed E-state index contributed by atoms with van der Waals surface area (Å²) in [7, 11) is -3.57. The SMILES string of the molecule is O=S(=O)(NCc1cncc(C2CC2)c1)c1ccc(-n2cccn2)cc1. The van der Waals surface area contributed by atoms with E-state index in [0.29, 0.717) is 5.92 Å². The van der Waals surface area contributed by atoms with E-state index in [0.717, 1.165) is 11.3 Å². The van der Waals surface area contributed by atoms with Gasteiger partial charge < -0.3 is 0 Å². The Morgan fingerprint density at radius 2 is 1.96 bits per heavy atom. The van der Waals surface area contributed by atoms with Gasteiger partial charge in [-0.25, -0.2) is 17.8 Å². The number of hydrogen-bond acceptors (Lipinski definition) is 4. The molecule has 1 aliphatic carbocycles. The Morgan fingerprint density at radius 1 is 1.16 bits per heavy atom. The van der Waals surface area contributed by atoms with E-state index in [1.165, 1.54) is 18.4 Å². The van der Waals surface area contributed by atoms with Crippen LogP contribution in [0.4, 0.5) is 0 Å². The summed E-state index contributed by atoms with van der Waals surface area (Å²) in [6.07, 6.45) is 9.44. The molecule has 1 N–H and O–H groups in total. The fourth-order valence-electron chi connectivity index (χ4n) is 2.71. The van der Waals surface area contributed by atoms with Crippen molar-refractivity contribution in [2.24, 2.45) is 0 Å². The molecule has 25 heavy (non-hydrogen) atoms. The summed E-state index contributed by atoms with van der Waals surface area (Å²) in [5.74, 6) is 0.596. The van der Waals surface area contributed by atoms with Gasteiger partial charge in [-0.15, -0.1) is 0 Å². The highest BCUT2D eigenvalue weighted by Crippen LogP contribution is 2.39. The van der Waals surface area contributed by atoms with Gasteiger partial charge in [0.1, 0.15) is 0 Å². The lowest BCUT2D eigenvalue weighted by Gasteiger charge is -2.09. The number of aromatic nitrogens is 3. The van der Waals surface area contributed by atoms with E-state index < -0.39 is 10.0 Å². The van der Waals surface area contributed by atoms with E-state index in [1.54, 1.807) is 41.3 Å². The molecule has 1 fully saturated rings. The summed E-state index contributed by atoms with van der Waals surface area (Å²) in [6.45, 7) is 0.233. The molecule has 1 aromatic carbocycles. The van der Waals surface area contributed by atoms with Crippen LogP contribution in [-0.2, 0) is 16.6 Å². The van der Waals surface area contributed by atoms with Gasteiger partial charge in [-0.05, 0) is 60.2 Å². The zero-order valence-electron chi connectivity index (χ0n) is 13.5. The van der Waals surface area contributed by atoms with E-state index in [2.05, 4.69) is 14.8 Å². The molecule has 1 aliphatic rings. The topological polar surface area (TPSA) is 76.9 Å². The van der Waals surface area contributed by atoms with Gasteiger partial charge in [0.15, 0.2) is 0 Å². The monoisotopic (exact) mass is 354 g/mol. The second-order valence-corrected chi connectivity index (χ2v) is 7.94. The molecule has 0 bridgehead atoms. The van der Waals surface area contributed by atoms with Gasteiger partial charge in [-0.1, -0.05) is 6.07 Å². The van der Waals surface area contributed by atoms with Crippen molar-refractivity contribution in [3.63, 3.8) is 0 Å². The van der Waals surface area contributed by atoms with Crippen molar-refractivity contribution in [3.05, 3.63) is 72.3 Å². The van der Waals surface area contributed by atoms with Gasteiger partial charge in [0.25, 0.3) is 0 Å². The van der Waals surface area contributed by atoms with E-state index >= 15 is 0 Å². The van der Waals surface area contributed by atoms with Gasteiger partial charge in [0.2, 0.25) is 10.0 Å². The summed E-state index contributed by atoms with van der Waals surface area (Å²) in [4.78, 5) is 4.45. The number of pyridine rings is 1. The molecule has 1 saturated carbocycles. The maximum atomic E-state index is 12.5. The molecule has 2 heterocycles. The lowest BCUT2D eigenvalue weighted by Crippen LogP contribution is -2.23. The van der Waals surface area contributed by atoms with E-state index in [9.17, 15) is 8.42 Å². The van der Waals surface area contributed by atoms with Crippen LogP contribution >= 0.6 is 0 Å². The Hall–Kier alpha value is -2.51. The molecular weight excluding hydrogens is 336 g/mol. The van der Waals surface area contributed by atoms with E-state index in [-0.39, 0.29) is 11.4 Å². The van der Waals surface area contributed by atoms with Crippen LogP contribution in [0.15, 0.2) is 66.1 Å². The first-order chi connectivity index (χ1) is 12.1.